The summed E-state index contributed by atoms with van der Waals surface area (Å²) in [4.78, 5) is 22.1. The van der Waals surface area contributed by atoms with Crippen molar-refractivity contribution in [1.29, 1.82) is 0 Å². The van der Waals surface area contributed by atoms with Crippen LogP contribution in [0.4, 0.5) is 5.69 Å². The third-order valence-corrected chi connectivity index (χ3v) is 3.73. The number of primary amides is 1. The molecule has 1 aromatic rings. The molecule has 0 bridgehead atoms. The number of hydrogen-bond donors (Lipinski definition) is 3. The molecule has 2 atom stereocenters. The minimum atomic E-state index is -0.783. The maximum Gasteiger partial charge on any atom is 0.308 e. The molecule has 0 heterocycles. The molecule has 1 aromatic carbocycles. The number of carbonyl (C=O) groups excluding carboxylic acids is 1. The molecule has 1 saturated carbocycles. The van der Waals surface area contributed by atoms with Gasteiger partial charge in [0.1, 0.15) is 0 Å². The standard InChI is InChI=1S/C13H15ClN2O3/c14-10-6-7(4-5-8(10)12(15)17)16-11-3-1-2-9(11)13(18)19/h4-6,9,11,16H,1-3H2,(H2,15,17)(H,18,19). The number of nitrogens with one attached hydrogen (secondary N) is 1. The molecule has 1 amide bonds. The van der Waals surface area contributed by atoms with Gasteiger partial charge in [0.2, 0.25) is 5.91 Å². The molecular weight excluding hydrogens is 268 g/mol. The Morgan fingerprint density at radius 2 is 2.11 bits per heavy atom. The molecule has 1 aliphatic rings. The number of amides is 1. The van der Waals surface area contributed by atoms with Gasteiger partial charge in [-0.1, -0.05) is 18.0 Å². The van der Waals surface area contributed by atoms with Crippen LogP contribution in [0.2, 0.25) is 5.02 Å². The van der Waals surface area contributed by atoms with Crippen molar-refractivity contribution in [2.45, 2.75) is 25.3 Å². The largest absolute Gasteiger partial charge is 0.481 e. The van der Waals surface area contributed by atoms with Gasteiger partial charge in [0.15, 0.2) is 0 Å². The second-order valence-electron chi connectivity index (χ2n) is 4.69. The molecule has 5 nitrogen and oxygen atoms in total. The fraction of sp³-hybridized carbons (Fsp3) is 0.385. The normalized spacial score (nSPS) is 22.2. The first-order valence-corrected chi connectivity index (χ1v) is 6.45. The van der Waals surface area contributed by atoms with Crippen LogP contribution in [0.1, 0.15) is 29.6 Å². The van der Waals surface area contributed by atoms with Gasteiger partial charge >= 0.3 is 5.97 Å². The molecule has 0 aliphatic heterocycles. The molecule has 19 heavy (non-hydrogen) atoms. The quantitative estimate of drug-likeness (QED) is 0.788. The van der Waals surface area contributed by atoms with Gasteiger partial charge in [-0.15, -0.1) is 0 Å². The Morgan fingerprint density at radius 1 is 1.37 bits per heavy atom. The summed E-state index contributed by atoms with van der Waals surface area (Å²) in [6, 6.07) is 4.72. The highest BCUT2D eigenvalue weighted by molar-refractivity contribution is 6.34. The molecule has 0 aromatic heterocycles. The van der Waals surface area contributed by atoms with Crippen LogP contribution >= 0.6 is 11.6 Å². The summed E-state index contributed by atoms with van der Waals surface area (Å²) in [5.41, 5.74) is 6.13. The summed E-state index contributed by atoms with van der Waals surface area (Å²) < 4.78 is 0. The molecule has 2 rings (SSSR count). The van der Waals surface area contributed by atoms with Gasteiger partial charge in [0.05, 0.1) is 16.5 Å². The zero-order valence-electron chi connectivity index (χ0n) is 10.2. The average molecular weight is 283 g/mol. The fourth-order valence-corrected chi connectivity index (χ4v) is 2.72. The molecule has 1 fully saturated rings. The van der Waals surface area contributed by atoms with Gasteiger partial charge in [0, 0.05) is 11.7 Å². The highest BCUT2D eigenvalue weighted by atomic mass is 35.5. The lowest BCUT2D eigenvalue weighted by Gasteiger charge is -2.19. The molecule has 0 saturated heterocycles. The number of carboxylic acids is 1. The van der Waals surface area contributed by atoms with E-state index >= 15 is 0 Å². The summed E-state index contributed by atoms with van der Waals surface area (Å²) in [5, 5.41) is 12.5. The summed E-state index contributed by atoms with van der Waals surface area (Å²) in [6.07, 6.45) is 2.38. The van der Waals surface area contributed by atoms with Crippen molar-refractivity contribution in [3.63, 3.8) is 0 Å². The van der Waals surface area contributed by atoms with E-state index in [9.17, 15) is 9.59 Å². The van der Waals surface area contributed by atoms with Gasteiger partial charge in [-0.05, 0) is 31.0 Å². The van der Waals surface area contributed by atoms with E-state index in [4.69, 9.17) is 22.4 Å². The van der Waals surface area contributed by atoms with Gasteiger partial charge in [0.25, 0.3) is 0 Å². The number of hydrogen-bond acceptors (Lipinski definition) is 3. The van der Waals surface area contributed by atoms with E-state index in [2.05, 4.69) is 5.32 Å². The fourth-order valence-electron chi connectivity index (χ4n) is 2.45. The van der Waals surface area contributed by atoms with Crippen LogP contribution in [0.25, 0.3) is 0 Å². The smallest absolute Gasteiger partial charge is 0.308 e. The van der Waals surface area contributed by atoms with Crippen LogP contribution in [0, 0.1) is 5.92 Å². The lowest BCUT2D eigenvalue weighted by Crippen LogP contribution is -2.29. The second-order valence-corrected chi connectivity index (χ2v) is 5.09. The average Bonchev–Trinajstić information content (AvgIpc) is 2.76. The molecule has 0 radical (unpaired) electrons. The monoisotopic (exact) mass is 282 g/mol. The van der Waals surface area contributed by atoms with Crippen molar-refractivity contribution in [1.82, 2.24) is 0 Å². The van der Waals surface area contributed by atoms with Crippen LogP contribution in [-0.4, -0.2) is 23.0 Å². The van der Waals surface area contributed by atoms with Gasteiger partial charge in [-0.25, -0.2) is 0 Å². The van der Waals surface area contributed by atoms with E-state index in [1.807, 2.05) is 0 Å². The van der Waals surface area contributed by atoms with Crippen molar-refractivity contribution in [3.05, 3.63) is 28.8 Å². The van der Waals surface area contributed by atoms with E-state index in [-0.39, 0.29) is 22.5 Å². The number of rotatable bonds is 4. The van der Waals surface area contributed by atoms with E-state index in [1.165, 1.54) is 6.07 Å². The molecule has 102 valence electrons. The second kappa shape index (κ2) is 5.48. The van der Waals surface area contributed by atoms with Gasteiger partial charge in [-0.2, -0.15) is 0 Å². The highest BCUT2D eigenvalue weighted by Gasteiger charge is 2.32. The number of carbonyl (C=O) groups is 2. The SMILES string of the molecule is NC(=O)c1ccc(NC2CCCC2C(=O)O)cc1Cl. The summed E-state index contributed by atoms with van der Waals surface area (Å²) >= 11 is 5.95. The van der Waals surface area contributed by atoms with Gasteiger partial charge in [-0.3, -0.25) is 9.59 Å². The Morgan fingerprint density at radius 3 is 2.68 bits per heavy atom. The van der Waals surface area contributed by atoms with Crippen LogP contribution in [0.3, 0.4) is 0 Å². The predicted molar refractivity (Wildman–Crippen MR) is 72.4 cm³/mol. The third-order valence-electron chi connectivity index (χ3n) is 3.42. The van der Waals surface area contributed by atoms with E-state index in [0.29, 0.717) is 12.1 Å². The van der Waals surface area contributed by atoms with Crippen molar-refractivity contribution >= 4 is 29.2 Å². The van der Waals surface area contributed by atoms with E-state index < -0.39 is 11.9 Å². The Bertz CT molecular complexity index is 519. The summed E-state index contributed by atoms with van der Waals surface area (Å²) in [6.45, 7) is 0. The highest BCUT2D eigenvalue weighted by Crippen LogP contribution is 2.30. The zero-order chi connectivity index (χ0) is 14.0. The van der Waals surface area contributed by atoms with E-state index in [1.54, 1.807) is 12.1 Å². The minimum Gasteiger partial charge on any atom is -0.481 e. The first kappa shape index (κ1) is 13.7. The minimum absolute atomic E-state index is 0.104. The maximum absolute atomic E-state index is 11.1. The van der Waals surface area contributed by atoms with Gasteiger partial charge < -0.3 is 16.2 Å². The number of benzene rings is 1. The molecule has 4 N–H and O–H groups in total. The summed E-state index contributed by atoms with van der Waals surface area (Å²) in [5.74, 6) is -1.75. The molecule has 0 spiro atoms. The lowest BCUT2D eigenvalue weighted by molar-refractivity contribution is -0.141. The Hall–Kier alpha value is -1.75. The molecular formula is C13H15ClN2O3. The number of anilines is 1. The number of nitrogens with two attached hydrogens (primary N) is 1. The number of aliphatic carboxylic acids is 1. The predicted octanol–water partition coefficient (Wildman–Crippen LogP) is 2.10. The van der Waals surface area contributed by atoms with E-state index in [0.717, 1.165) is 12.8 Å². The zero-order valence-corrected chi connectivity index (χ0v) is 11.0. The first-order valence-electron chi connectivity index (χ1n) is 6.07. The molecule has 2 unspecified atom stereocenters. The van der Waals surface area contributed by atoms with Crippen molar-refractivity contribution in [3.8, 4) is 0 Å². The van der Waals surface area contributed by atoms with Crippen LogP contribution in [0.15, 0.2) is 18.2 Å². The van der Waals surface area contributed by atoms with Crippen molar-refractivity contribution < 1.29 is 14.7 Å². The maximum atomic E-state index is 11.1. The van der Waals surface area contributed by atoms with Crippen LogP contribution in [-0.2, 0) is 4.79 Å². The van der Waals surface area contributed by atoms with Crippen LogP contribution in [0.5, 0.6) is 0 Å². The number of carboxylic acid groups (broad SMARTS) is 1. The van der Waals surface area contributed by atoms with Crippen molar-refractivity contribution in [2.24, 2.45) is 11.7 Å². The first-order chi connectivity index (χ1) is 8.99. The molecule has 6 heteroatoms. The summed E-state index contributed by atoms with van der Waals surface area (Å²) in [7, 11) is 0. The number of halogens is 1. The Balaban J connectivity index is 2.13. The molecule has 1 aliphatic carbocycles. The lowest BCUT2D eigenvalue weighted by atomic mass is 10.0. The Labute approximate surface area is 115 Å². The van der Waals surface area contributed by atoms with Crippen molar-refractivity contribution in [2.75, 3.05) is 5.32 Å². The van der Waals surface area contributed by atoms with Crippen LogP contribution < -0.4 is 11.1 Å². The Kier molecular flexibility index (Phi) is 3.95. The topological polar surface area (TPSA) is 92.4 Å². The third kappa shape index (κ3) is 2.98.